The first-order chi connectivity index (χ1) is 13.1. The normalized spacial score (nSPS) is 14.6. The zero-order valence-corrected chi connectivity index (χ0v) is 17.4. The quantitative estimate of drug-likeness (QED) is 0.451. The molecule has 0 bridgehead atoms. The van der Waals surface area contributed by atoms with Crippen molar-refractivity contribution in [3.05, 3.63) is 51.5 Å². The van der Waals surface area contributed by atoms with Crippen LogP contribution in [0.3, 0.4) is 0 Å². The highest BCUT2D eigenvalue weighted by Crippen LogP contribution is 2.38. The lowest BCUT2D eigenvalue weighted by Gasteiger charge is -2.36. The van der Waals surface area contributed by atoms with Crippen LogP contribution in [0.25, 0.3) is 10.2 Å². The molecule has 3 N–H and O–H groups in total. The van der Waals surface area contributed by atoms with Crippen LogP contribution in [0.2, 0.25) is 5.02 Å². The van der Waals surface area contributed by atoms with Crippen LogP contribution >= 0.6 is 38.9 Å². The van der Waals surface area contributed by atoms with Gasteiger partial charge in [0.1, 0.15) is 5.52 Å². The molecule has 1 amide bonds. The minimum absolute atomic E-state index is 0.0368. The van der Waals surface area contributed by atoms with E-state index in [9.17, 15) is 4.79 Å². The third kappa shape index (κ3) is 3.50. The summed E-state index contributed by atoms with van der Waals surface area (Å²) in [5.41, 5.74) is 5.03. The van der Waals surface area contributed by atoms with E-state index in [0.717, 1.165) is 20.4 Å². The Labute approximate surface area is 174 Å². The van der Waals surface area contributed by atoms with Crippen molar-refractivity contribution in [3.8, 4) is 0 Å². The molecule has 2 aromatic carbocycles. The lowest BCUT2D eigenvalue weighted by Crippen LogP contribution is -2.49. The lowest BCUT2D eigenvalue weighted by atomic mass is 10.1. The van der Waals surface area contributed by atoms with Gasteiger partial charge >= 0.3 is 0 Å². The fourth-order valence-corrected chi connectivity index (χ4v) is 4.76. The van der Waals surface area contributed by atoms with Crippen LogP contribution in [0.5, 0.6) is 0 Å². The van der Waals surface area contributed by atoms with Crippen molar-refractivity contribution in [1.29, 1.82) is 0 Å². The van der Waals surface area contributed by atoms with Gasteiger partial charge in [-0.05, 0) is 40.2 Å². The molecular formula is C18H17BrClN5OS. The number of nitrogens with one attached hydrogen (secondary N) is 1. The number of amides is 1. The van der Waals surface area contributed by atoms with Crippen molar-refractivity contribution >= 4 is 65.8 Å². The fraction of sp³-hybridized carbons (Fsp3) is 0.222. The monoisotopic (exact) mass is 465 g/mol. The number of rotatable bonds is 3. The number of nitrogens with zero attached hydrogens (tertiary/aromatic N) is 3. The first-order valence-corrected chi connectivity index (χ1v) is 10.4. The molecule has 0 saturated carbocycles. The number of anilines is 2. The van der Waals surface area contributed by atoms with Crippen molar-refractivity contribution in [2.75, 3.05) is 36.5 Å². The molecule has 9 heteroatoms. The Balaban J connectivity index is 1.55. The molecule has 1 aliphatic heterocycles. The van der Waals surface area contributed by atoms with Gasteiger partial charge in [-0.25, -0.2) is 10.8 Å². The highest BCUT2D eigenvalue weighted by Gasteiger charge is 2.26. The summed E-state index contributed by atoms with van der Waals surface area (Å²) in [4.78, 5) is 21.4. The Bertz CT molecular complexity index is 1000. The average molecular weight is 467 g/mol. The standard InChI is InChI=1S/C18H17BrClN5OS/c19-12-4-2-1-3-11(12)17(26)25-9-7-24(8-10-25)16-13(20)5-6-14-15(16)22-18(23-21)27-14/h1-6H,7-10,21H2,(H,22,23). The zero-order chi connectivity index (χ0) is 19.0. The summed E-state index contributed by atoms with van der Waals surface area (Å²) < 4.78 is 1.84. The van der Waals surface area contributed by atoms with Crippen molar-refractivity contribution in [2.45, 2.75) is 0 Å². The zero-order valence-electron chi connectivity index (χ0n) is 14.3. The SMILES string of the molecule is NNc1nc2c(N3CCN(C(=O)c4ccccc4Br)CC3)c(Cl)ccc2s1. The van der Waals surface area contributed by atoms with Crippen molar-refractivity contribution < 1.29 is 4.79 Å². The molecule has 6 nitrogen and oxygen atoms in total. The van der Waals surface area contributed by atoms with Gasteiger partial charge in [0.05, 0.1) is 21.0 Å². The van der Waals surface area contributed by atoms with E-state index in [2.05, 4.69) is 31.2 Å². The topological polar surface area (TPSA) is 74.5 Å². The van der Waals surface area contributed by atoms with E-state index in [4.69, 9.17) is 17.4 Å². The molecule has 1 fully saturated rings. The predicted octanol–water partition coefficient (Wildman–Crippen LogP) is 3.96. The van der Waals surface area contributed by atoms with Gasteiger partial charge in [0.15, 0.2) is 5.13 Å². The second-order valence-electron chi connectivity index (χ2n) is 6.17. The number of carbonyl (C=O) groups is 1. The number of piperazine rings is 1. The lowest BCUT2D eigenvalue weighted by molar-refractivity contribution is 0.0746. The Hall–Kier alpha value is -1.87. The van der Waals surface area contributed by atoms with E-state index in [0.29, 0.717) is 41.9 Å². The minimum atomic E-state index is 0.0368. The molecule has 27 heavy (non-hydrogen) atoms. The van der Waals surface area contributed by atoms with Gasteiger partial charge in [0.25, 0.3) is 5.91 Å². The number of hydrogen-bond donors (Lipinski definition) is 2. The number of fused-ring (bicyclic) bond motifs is 1. The summed E-state index contributed by atoms with van der Waals surface area (Å²) in [5.74, 6) is 5.54. The van der Waals surface area contributed by atoms with E-state index in [1.165, 1.54) is 11.3 Å². The van der Waals surface area contributed by atoms with Crippen LogP contribution in [0.1, 0.15) is 10.4 Å². The van der Waals surface area contributed by atoms with Crippen LogP contribution in [0.4, 0.5) is 10.8 Å². The summed E-state index contributed by atoms with van der Waals surface area (Å²) in [5, 5.41) is 1.30. The summed E-state index contributed by atoms with van der Waals surface area (Å²) >= 11 is 11.4. The van der Waals surface area contributed by atoms with Crippen LogP contribution < -0.4 is 16.2 Å². The van der Waals surface area contributed by atoms with Gasteiger partial charge in [-0.3, -0.25) is 10.2 Å². The molecule has 1 saturated heterocycles. The van der Waals surface area contributed by atoms with Crippen molar-refractivity contribution in [3.63, 3.8) is 0 Å². The number of halogens is 2. The Kier molecular flexibility index (Phi) is 5.23. The molecule has 4 rings (SSSR count). The number of nitrogens with two attached hydrogens (primary N) is 1. The smallest absolute Gasteiger partial charge is 0.255 e. The third-order valence-corrected chi connectivity index (χ3v) is 6.54. The molecular weight excluding hydrogens is 450 g/mol. The number of aromatic nitrogens is 1. The van der Waals surface area contributed by atoms with E-state index in [1.54, 1.807) is 0 Å². The van der Waals surface area contributed by atoms with E-state index < -0.39 is 0 Å². The second-order valence-corrected chi connectivity index (χ2v) is 8.46. The Morgan fingerprint density at radius 2 is 1.93 bits per heavy atom. The summed E-state index contributed by atoms with van der Waals surface area (Å²) in [6, 6.07) is 11.3. The number of carbonyl (C=O) groups excluding carboxylic acids is 1. The maximum absolute atomic E-state index is 12.8. The molecule has 140 valence electrons. The van der Waals surface area contributed by atoms with Crippen molar-refractivity contribution in [2.24, 2.45) is 5.84 Å². The highest BCUT2D eigenvalue weighted by molar-refractivity contribution is 9.10. The van der Waals surface area contributed by atoms with Gasteiger partial charge in [0.2, 0.25) is 0 Å². The largest absolute Gasteiger partial charge is 0.365 e. The van der Waals surface area contributed by atoms with Gasteiger partial charge < -0.3 is 9.80 Å². The third-order valence-electron chi connectivity index (χ3n) is 4.60. The maximum Gasteiger partial charge on any atom is 0.255 e. The van der Waals surface area contributed by atoms with E-state index >= 15 is 0 Å². The molecule has 1 aromatic heterocycles. The molecule has 2 heterocycles. The van der Waals surface area contributed by atoms with Crippen LogP contribution in [-0.2, 0) is 0 Å². The number of benzene rings is 2. The van der Waals surface area contributed by atoms with Crippen LogP contribution in [0, 0.1) is 0 Å². The average Bonchev–Trinajstić information content (AvgIpc) is 3.11. The molecule has 0 radical (unpaired) electrons. The maximum atomic E-state index is 12.8. The van der Waals surface area contributed by atoms with E-state index in [1.807, 2.05) is 41.3 Å². The fourth-order valence-electron chi connectivity index (χ4n) is 3.26. The molecule has 1 aliphatic rings. The van der Waals surface area contributed by atoms with Gasteiger partial charge in [-0.1, -0.05) is 35.1 Å². The highest BCUT2D eigenvalue weighted by atomic mass is 79.9. The molecule has 0 unspecified atom stereocenters. The Morgan fingerprint density at radius 1 is 1.19 bits per heavy atom. The molecule has 0 spiro atoms. The van der Waals surface area contributed by atoms with Gasteiger partial charge in [-0.2, -0.15) is 0 Å². The minimum Gasteiger partial charge on any atom is -0.365 e. The number of thiazole rings is 1. The first kappa shape index (κ1) is 18.5. The molecule has 0 atom stereocenters. The van der Waals surface area contributed by atoms with Crippen molar-refractivity contribution in [1.82, 2.24) is 9.88 Å². The first-order valence-electron chi connectivity index (χ1n) is 8.43. The molecule has 0 aliphatic carbocycles. The van der Waals surface area contributed by atoms with Gasteiger partial charge in [0, 0.05) is 30.7 Å². The second kappa shape index (κ2) is 7.63. The summed E-state index contributed by atoms with van der Waals surface area (Å²) in [6.45, 7) is 2.63. The molecule has 3 aromatic rings. The summed E-state index contributed by atoms with van der Waals surface area (Å²) in [7, 11) is 0. The van der Waals surface area contributed by atoms with Crippen LogP contribution in [0.15, 0.2) is 40.9 Å². The Morgan fingerprint density at radius 3 is 2.63 bits per heavy atom. The van der Waals surface area contributed by atoms with E-state index in [-0.39, 0.29) is 5.91 Å². The van der Waals surface area contributed by atoms with Gasteiger partial charge in [-0.15, -0.1) is 0 Å². The number of hydrazine groups is 1. The number of hydrogen-bond acceptors (Lipinski definition) is 6. The van der Waals surface area contributed by atoms with Crippen LogP contribution in [-0.4, -0.2) is 42.0 Å². The predicted molar refractivity (Wildman–Crippen MR) is 115 cm³/mol. The number of nitrogen functional groups attached to an aromatic ring is 1. The summed E-state index contributed by atoms with van der Waals surface area (Å²) in [6.07, 6.45) is 0.